The molecule has 1 aromatic rings. The molecule has 100 valence electrons. The molecule has 0 saturated heterocycles. The summed E-state index contributed by atoms with van der Waals surface area (Å²) >= 11 is 5.06. The van der Waals surface area contributed by atoms with Crippen LogP contribution in [0.4, 0.5) is 0 Å². The maximum absolute atomic E-state index is 11.5. The summed E-state index contributed by atoms with van der Waals surface area (Å²) in [5.41, 5.74) is 1.25. The molecule has 0 spiro atoms. The molecule has 0 bridgehead atoms. The lowest BCUT2D eigenvalue weighted by atomic mass is 10.1. The van der Waals surface area contributed by atoms with E-state index in [9.17, 15) is 4.79 Å². The summed E-state index contributed by atoms with van der Waals surface area (Å²) < 4.78 is 1.09. The maximum Gasteiger partial charge on any atom is 0.230 e. The van der Waals surface area contributed by atoms with Crippen LogP contribution in [0, 0.1) is 5.92 Å². The second-order valence-electron chi connectivity index (χ2n) is 4.65. The molecule has 0 unspecified atom stereocenters. The number of halogens is 1. The van der Waals surface area contributed by atoms with Crippen molar-refractivity contribution in [3.05, 3.63) is 34.3 Å². The molecular formula is C14H20BrNOS. The number of rotatable bonds is 7. The molecule has 0 fully saturated rings. The number of amides is 1. The Morgan fingerprint density at radius 3 is 2.61 bits per heavy atom. The maximum atomic E-state index is 11.5. The Labute approximate surface area is 122 Å². The van der Waals surface area contributed by atoms with E-state index in [1.807, 2.05) is 12.1 Å². The molecule has 1 N–H and O–H groups in total. The predicted octanol–water partition coefficient (Wildman–Crippen LogP) is 3.84. The van der Waals surface area contributed by atoms with Crippen molar-refractivity contribution in [1.29, 1.82) is 0 Å². The summed E-state index contributed by atoms with van der Waals surface area (Å²) in [4.78, 5) is 11.5. The van der Waals surface area contributed by atoms with E-state index in [2.05, 4.69) is 47.2 Å². The largest absolute Gasteiger partial charge is 0.355 e. The highest BCUT2D eigenvalue weighted by Crippen LogP contribution is 2.15. The van der Waals surface area contributed by atoms with Gasteiger partial charge in [-0.05, 0) is 30.0 Å². The van der Waals surface area contributed by atoms with E-state index in [0.717, 1.165) is 23.2 Å². The van der Waals surface area contributed by atoms with E-state index in [1.165, 1.54) is 5.56 Å². The van der Waals surface area contributed by atoms with E-state index in [-0.39, 0.29) is 5.91 Å². The summed E-state index contributed by atoms with van der Waals surface area (Å²) in [6.45, 7) is 5.11. The number of carbonyl (C=O) groups is 1. The van der Waals surface area contributed by atoms with E-state index in [1.54, 1.807) is 11.8 Å². The number of nitrogens with one attached hydrogen (secondary N) is 1. The molecule has 0 radical (unpaired) electrons. The Bertz CT molecular complexity index is 365. The summed E-state index contributed by atoms with van der Waals surface area (Å²) in [6.07, 6.45) is 1.04. The first-order valence-electron chi connectivity index (χ1n) is 6.17. The predicted molar refractivity (Wildman–Crippen MR) is 82.8 cm³/mol. The molecular weight excluding hydrogens is 310 g/mol. The fourth-order valence-electron chi connectivity index (χ4n) is 1.39. The summed E-state index contributed by atoms with van der Waals surface area (Å²) in [7, 11) is 0. The van der Waals surface area contributed by atoms with E-state index >= 15 is 0 Å². The molecule has 0 aromatic heterocycles. The number of carbonyl (C=O) groups excluding carboxylic acids is 1. The molecule has 1 aromatic carbocycles. The molecule has 0 saturated carbocycles. The smallest absolute Gasteiger partial charge is 0.230 e. The molecule has 0 aliphatic heterocycles. The van der Waals surface area contributed by atoms with Gasteiger partial charge in [0.1, 0.15) is 0 Å². The van der Waals surface area contributed by atoms with Crippen molar-refractivity contribution >= 4 is 33.6 Å². The summed E-state index contributed by atoms with van der Waals surface area (Å²) in [6, 6.07) is 8.21. The third kappa shape index (κ3) is 7.07. The second-order valence-corrected chi connectivity index (χ2v) is 6.55. The fourth-order valence-corrected chi connectivity index (χ4v) is 2.48. The van der Waals surface area contributed by atoms with Crippen molar-refractivity contribution in [3.63, 3.8) is 0 Å². The van der Waals surface area contributed by atoms with Crippen molar-refractivity contribution in [3.8, 4) is 0 Å². The minimum Gasteiger partial charge on any atom is -0.355 e. The third-order valence-corrected chi connectivity index (χ3v) is 3.99. The van der Waals surface area contributed by atoms with Gasteiger partial charge in [-0.2, -0.15) is 0 Å². The Hall–Kier alpha value is -0.480. The highest BCUT2D eigenvalue weighted by Gasteiger charge is 2.02. The number of benzene rings is 1. The first-order chi connectivity index (χ1) is 8.58. The van der Waals surface area contributed by atoms with Crippen LogP contribution in [0.5, 0.6) is 0 Å². The van der Waals surface area contributed by atoms with Gasteiger partial charge >= 0.3 is 0 Å². The quantitative estimate of drug-likeness (QED) is 0.823. The number of hydrogen-bond acceptors (Lipinski definition) is 2. The van der Waals surface area contributed by atoms with Crippen LogP contribution in [0.1, 0.15) is 25.8 Å². The lowest BCUT2D eigenvalue weighted by Crippen LogP contribution is -2.26. The zero-order valence-electron chi connectivity index (χ0n) is 10.9. The van der Waals surface area contributed by atoms with Crippen molar-refractivity contribution in [2.45, 2.75) is 26.0 Å². The summed E-state index contributed by atoms with van der Waals surface area (Å²) in [5, 5.41) is 2.94. The molecule has 0 atom stereocenters. The van der Waals surface area contributed by atoms with Gasteiger partial charge in [0.05, 0.1) is 5.75 Å². The van der Waals surface area contributed by atoms with Crippen LogP contribution in [0.3, 0.4) is 0 Å². The molecule has 0 aliphatic carbocycles. The Kier molecular flexibility index (Phi) is 7.44. The van der Waals surface area contributed by atoms with Gasteiger partial charge in [-0.25, -0.2) is 0 Å². The van der Waals surface area contributed by atoms with Gasteiger partial charge in [0.15, 0.2) is 0 Å². The minimum atomic E-state index is 0.137. The van der Waals surface area contributed by atoms with Crippen LogP contribution in [0.2, 0.25) is 0 Å². The number of hydrogen-bond donors (Lipinski definition) is 1. The van der Waals surface area contributed by atoms with Gasteiger partial charge in [-0.1, -0.05) is 41.9 Å². The van der Waals surface area contributed by atoms with Crippen LogP contribution in [0.15, 0.2) is 28.7 Å². The van der Waals surface area contributed by atoms with Gasteiger partial charge in [0.25, 0.3) is 0 Å². The SMILES string of the molecule is CC(C)CCNC(=O)CSCc1ccc(Br)cc1. The first kappa shape index (κ1) is 15.6. The topological polar surface area (TPSA) is 29.1 Å². The molecule has 18 heavy (non-hydrogen) atoms. The Morgan fingerprint density at radius 1 is 1.33 bits per heavy atom. The van der Waals surface area contributed by atoms with Gasteiger partial charge in [0.2, 0.25) is 5.91 Å². The zero-order chi connectivity index (χ0) is 13.4. The first-order valence-corrected chi connectivity index (χ1v) is 8.11. The second kappa shape index (κ2) is 8.59. The minimum absolute atomic E-state index is 0.137. The van der Waals surface area contributed by atoms with Crippen LogP contribution in [-0.2, 0) is 10.5 Å². The number of thioether (sulfide) groups is 1. The van der Waals surface area contributed by atoms with Crippen LogP contribution >= 0.6 is 27.7 Å². The average Bonchev–Trinajstić information content (AvgIpc) is 2.31. The highest BCUT2D eigenvalue weighted by molar-refractivity contribution is 9.10. The van der Waals surface area contributed by atoms with Crippen LogP contribution in [-0.4, -0.2) is 18.2 Å². The van der Waals surface area contributed by atoms with Crippen molar-refractivity contribution in [2.24, 2.45) is 5.92 Å². The van der Waals surface area contributed by atoms with E-state index in [0.29, 0.717) is 11.7 Å². The lowest BCUT2D eigenvalue weighted by molar-refractivity contribution is -0.118. The molecule has 0 heterocycles. The third-order valence-electron chi connectivity index (χ3n) is 2.46. The van der Waals surface area contributed by atoms with Crippen molar-refractivity contribution < 1.29 is 4.79 Å². The molecule has 1 amide bonds. The zero-order valence-corrected chi connectivity index (χ0v) is 13.3. The van der Waals surface area contributed by atoms with E-state index < -0.39 is 0 Å². The van der Waals surface area contributed by atoms with Gasteiger partial charge in [0, 0.05) is 16.8 Å². The highest BCUT2D eigenvalue weighted by atomic mass is 79.9. The monoisotopic (exact) mass is 329 g/mol. The van der Waals surface area contributed by atoms with Crippen LogP contribution in [0.25, 0.3) is 0 Å². The van der Waals surface area contributed by atoms with Gasteiger partial charge in [-0.3, -0.25) is 4.79 Å². The van der Waals surface area contributed by atoms with Crippen molar-refractivity contribution in [2.75, 3.05) is 12.3 Å². The van der Waals surface area contributed by atoms with Gasteiger partial charge in [-0.15, -0.1) is 11.8 Å². The standard InChI is InChI=1S/C14H20BrNOS/c1-11(2)7-8-16-14(17)10-18-9-12-3-5-13(15)6-4-12/h3-6,11H,7-10H2,1-2H3,(H,16,17). The molecule has 0 aliphatic rings. The molecule has 2 nitrogen and oxygen atoms in total. The van der Waals surface area contributed by atoms with Gasteiger partial charge < -0.3 is 5.32 Å². The van der Waals surface area contributed by atoms with Crippen LogP contribution < -0.4 is 5.32 Å². The van der Waals surface area contributed by atoms with Crippen molar-refractivity contribution in [1.82, 2.24) is 5.32 Å². The van der Waals surface area contributed by atoms with E-state index in [4.69, 9.17) is 0 Å². The summed E-state index contributed by atoms with van der Waals surface area (Å²) in [5.74, 6) is 2.19. The average molecular weight is 330 g/mol. The Balaban J connectivity index is 2.13. The normalized spacial score (nSPS) is 10.7. The Morgan fingerprint density at radius 2 is 2.00 bits per heavy atom. The lowest BCUT2D eigenvalue weighted by Gasteiger charge is -2.07. The molecule has 1 rings (SSSR count). The fraction of sp³-hybridized carbons (Fsp3) is 0.500. The molecule has 4 heteroatoms.